The second-order valence-corrected chi connectivity index (χ2v) is 21.1. The lowest BCUT2D eigenvalue weighted by Gasteiger charge is -2.27. The Bertz CT molecular complexity index is 4280. The van der Waals surface area contributed by atoms with E-state index in [2.05, 4.69) is 94.4 Å². The van der Waals surface area contributed by atoms with Gasteiger partial charge in [-0.1, -0.05) is 97.1 Å². The SMILES string of the molecule is O=S(=O)(Oc1cc(N(c2ccccc2)c2ccc3sc4c5ccccc5ccc4c3c2)c2sc3ccc(N(c4ccccc4)c4ccc5c6ncccc6n(C6C=CC=CC6)c5c4)cc3c2c1)C(F)(F)F. The van der Waals surface area contributed by atoms with Crippen LogP contribution in [0.25, 0.3) is 73.1 Å². The summed E-state index contributed by atoms with van der Waals surface area (Å²) >= 11 is 3.18. The minimum absolute atomic E-state index is 0.0761. The third-order valence-electron chi connectivity index (χ3n) is 13.2. The Balaban J connectivity index is 1.03. The molecule has 346 valence electrons. The highest BCUT2D eigenvalue weighted by molar-refractivity contribution is 7.88. The summed E-state index contributed by atoms with van der Waals surface area (Å²) in [5, 5.41) is 6.64. The van der Waals surface area contributed by atoms with Crippen molar-refractivity contribution in [3.8, 4) is 5.75 Å². The van der Waals surface area contributed by atoms with Crippen LogP contribution in [0, 0.1) is 0 Å². The van der Waals surface area contributed by atoms with Crippen LogP contribution in [0.15, 0.2) is 206 Å². The predicted molar refractivity (Wildman–Crippen MR) is 287 cm³/mol. The second kappa shape index (κ2) is 16.6. The predicted octanol–water partition coefficient (Wildman–Crippen LogP) is 17.3. The molecule has 0 amide bonds. The first kappa shape index (κ1) is 43.1. The number of fused-ring (bicyclic) bond motifs is 11. The molecule has 0 saturated carbocycles. The van der Waals surface area contributed by atoms with E-state index in [4.69, 9.17) is 9.17 Å². The Kier molecular flexibility index (Phi) is 10.1. The molecule has 0 spiro atoms. The number of thiophene rings is 2. The zero-order chi connectivity index (χ0) is 48.0. The highest BCUT2D eigenvalue weighted by Gasteiger charge is 2.48. The van der Waals surface area contributed by atoms with Gasteiger partial charge >= 0.3 is 15.6 Å². The number of anilines is 6. The molecular weight excluding hydrogens is 954 g/mol. The molecule has 0 N–H and O–H groups in total. The monoisotopic (exact) mass is 990 g/mol. The smallest absolute Gasteiger partial charge is 0.376 e. The van der Waals surface area contributed by atoms with E-state index in [9.17, 15) is 21.6 Å². The molecule has 4 heterocycles. The number of hydrogen-bond acceptors (Lipinski definition) is 8. The molecule has 13 rings (SSSR count). The number of aromatic nitrogens is 2. The van der Waals surface area contributed by atoms with E-state index in [-0.39, 0.29) is 6.04 Å². The van der Waals surface area contributed by atoms with E-state index in [1.165, 1.54) is 23.5 Å². The van der Waals surface area contributed by atoms with Crippen LogP contribution in [0.2, 0.25) is 0 Å². The summed E-state index contributed by atoms with van der Waals surface area (Å²) in [7, 11) is -6.06. The van der Waals surface area contributed by atoms with Crippen LogP contribution in [0.4, 0.5) is 47.3 Å². The molecule has 1 atom stereocenters. The Labute approximate surface area is 412 Å². The van der Waals surface area contributed by atoms with Crippen molar-refractivity contribution in [2.24, 2.45) is 0 Å². The van der Waals surface area contributed by atoms with Gasteiger partial charge in [0.1, 0.15) is 5.75 Å². The minimum Gasteiger partial charge on any atom is -0.376 e. The quantitative estimate of drug-likeness (QED) is 0.106. The number of allylic oxidation sites excluding steroid dienone is 4. The maximum atomic E-state index is 14.2. The average molecular weight is 991 g/mol. The molecule has 0 aliphatic heterocycles. The molecule has 71 heavy (non-hydrogen) atoms. The van der Waals surface area contributed by atoms with Crippen molar-refractivity contribution in [3.63, 3.8) is 0 Å². The summed E-state index contributed by atoms with van der Waals surface area (Å²) < 4.78 is 79.4. The molecule has 1 unspecified atom stereocenters. The molecule has 0 fully saturated rings. The van der Waals surface area contributed by atoms with Gasteiger partial charge in [0.2, 0.25) is 0 Å². The van der Waals surface area contributed by atoms with E-state index < -0.39 is 21.4 Å². The number of benzene rings is 8. The molecule has 0 bridgehead atoms. The molecule has 0 saturated heterocycles. The van der Waals surface area contributed by atoms with Gasteiger partial charge in [0.05, 0.1) is 33.0 Å². The third-order valence-corrected chi connectivity index (χ3v) is 16.6. The molecule has 13 heteroatoms. The summed E-state index contributed by atoms with van der Waals surface area (Å²) in [6.45, 7) is 0. The van der Waals surface area contributed by atoms with Gasteiger partial charge in [0.25, 0.3) is 0 Å². The van der Waals surface area contributed by atoms with Crippen molar-refractivity contribution in [1.29, 1.82) is 0 Å². The van der Waals surface area contributed by atoms with Crippen LogP contribution in [-0.2, 0) is 10.1 Å². The summed E-state index contributed by atoms with van der Waals surface area (Å²) in [6, 6.07) is 57.6. The van der Waals surface area contributed by atoms with Crippen LogP contribution in [0.5, 0.6) is 5.75 Å². The normalized spacial score (nSPS) is 14.2. The molecule has 12 aromatic rings. The lowest BCUT2D eigenvalue weighted by molar-refractivity contribution is -0.0500. The van der Waals surface area contributed by atoms with Gasteiger partial charge in [0, 0.05) is 81.7 Å². The van der Waals surface area contributed by atoms with E-state index in [0.29, 0.717) is 22.1 Å². The first-order chi connectivity index (χ1) is 34.6. The summed E-state index contributed by atoms with van der Waals surface area (Å²) in [4.78, 5) is 8.94. The fraction of sp³-hybridized carbons (Fsp3) is 0.0517. The number of para-hydroxylation sites is 2. The van der Waals surface area contributed by atoms with Crippen molar-refractivity contribution < 1.29 is 25.8 Å². The highest BCUT2D eigenvalue weighted by atomic mass is 32.2. The first-order valence-corrected chi connectivity index (χ1v) is 25.9. The fourth-order valence-electron chi connectivity index (χ4n) is 10.1. The Morgan fingerprint density at radius 1 is 0.563 bits per heavy atom. The Morgan fingerprint density at radius 2 is 1.21 bits per heavy atom. The maximum absolute atomic E-state index is 14.2. The Hall–Kier alpha value is -7.97. The van der Waals surface area contributed by atoms with Crippen molar-refractivity contribution in [2.75, 3.05) is 9.80 Å². The number of halogens is 3. The van der Waals surface area contributed by atoms with Crippen LogP contribution in [0.1, 0.15) is 12.5 Å². The molecule has 8 aromatic carbocycles. The molecule has 1 aliphatic carbocycles. The average Bonchev–Trinajstić information content (AvgIpc) is 4.06. The van der Waals surface area contributed by atoms with E-state index in [1.807, 2.05) is 114 Å². The van der Waals surface area contributed by atoms with E-state index in [1.54, 1.807) is 11.3 Å². The van der Waals surface area contributed by atoms with Gasteiger partial charge in [-0.3, -0.25) is 4.98 Å². The topological polar surface area (TPSA) is 67.7 Å². The summed E-state index contributed by atoms with van der Waals surface area (Å²) in [5.74, 6) is -0.470. The van der Waals surface area contributed by atoms with Gasteiger partial charge in [-0.05, 0) is 114 Å². The van der Waals surface area contributed by atoms with Gasteiger partial charge < -0.3 is 18.6 Å². The fourth-order valence-corrected chi connectivity index (χ4v) is 12.9. The second-order valence-electron chi connectivity index (χ2n) is 17.4. The summed E-state index contributed by atoms with van der Waals surface area (Å²) in [6.07, 6.45) is 11.2. The van der Waals surface area contributed by atoms with Crippen molar-refractivity contribution >= 4 is 140 Å². The molecule has 0 radical (unpaired) electrons. The molecular formula is C58H37F3N4O3S3. The number of pyridine rings is 1. The number of hydrogen-bond donors (Lipinski definition) is 0. The van der Waals surface area contributed by atoms with Crippen LogP contribution in [-0.4, -0.2) is 23.5 Å². The van der Waals surface area contributed by atoms with Crippen LogP contribution < -0.4 is 14.0 Å². The van der Waals surface area contributed by atoms with Crippen LogP contribution in [0.3, 0.4) is 0 Å². The Morgan fingerprint density at radius 3 is 1.94 bits per heavy atom. The molecule has 1 aliphatic rings. The van der Waals surface area contributed by atoms with Crippen molar-refractivity contribution in [3.05, 3.63) is 206 Å². The molecule has 4 aromatic heterocycles. The van der Waals surface area contributed by atoms with Crippen LogP contribution >= 0.6 is 22.7 Å². The number of rotatable bonds is 9. The van der Waals surface area contributed by atoms with Crippen molar-refractivity contribution in [2.45, 2.75) is 18.0 Å². The number of alkyl halides is 3. The van der Waals surface area contributed by atoms with E-state index in [0.717, 1.165) is 91.5 Å². The standard InChI is InChI=1S/C58H37F3N4O3S3/c59-58(60,61)71(66,67)68-43-34-49-48-31-40(63(37-14-4-1-5-15-37)42-23-27-46-51(33-42)65(39-18-8-3-9-19-39)50-21-12-30-62-55(46)50)24-28-54(48)70-57(49)52(35-43)64(38-16-6-2-7-17-38)41-25-29-53-47(32-41)45-26-22-36-13-10-11-20-44(36)56(45)69-53/h1-18,20-35,39H,19H2. The third kappa shape index (κ3) is 7.21. The number of nitrogens with zero attached hydrogens (tertiary/aromatic N) is 4. The largest absolute Gasteiger partial charge is 0.534 e. The van der Waals surface area contributed by atoms with Gasteiger partial charge in [-0.25, -0.2) is 0 Å². The zero-order valence-corrected chi connectivity index (χ0v) is 39.7. The molecule has 7 nitrogen and oxygen atoms in total. The zero-order valence-electron chi connectivity index (χ0n) is 37.3. The van der Waals surface area contributed by atoms with Crippen molar-refractivity contribution in [1.82, 2.24) is 9.55 Å². The van der Waals surface area contributed by atoms with Gasteiger partial charge in [-0.2, -0.15) is 21.6 Å². The highest BCUT2D eigenvalue weighted by Crippen LogP contribution is 2.50. The summed E-state index contributed by atoms with van der Waals surface area (Å²) in [5.41, 5.74) is 1.73. The van der Waals surface area contributed by atoms with Gasteiger partial charge in [-0.15, -0.1) is 22.7 Å². The van der Waals surface area contributed by atoms with Gasteiger partial charge in [0.15, 0.2) is 0 Å². The lowest BCUT2D eigenvalue weighted by atomic mass is 10.0. The lowest BCUT2D eigenvalue weighted by Crippen LogP contribution is -2.28. The minimum atomic E-state index is -6.06. The maximum Gasteiger partial charge on any atom is 0.534 e. The van der Waals surface area contributed by atoms with E-state index >= 15 is 0 Å². The first-order valence-electron chi connectivity index (χ1n) is 22.9.